The third-order valence-corrected chi connectivity index (χ3v) is 3.27. The Morgan fingerprint density at radius 1 is 1.19 bits per heavy atom. The van der Waals surface area contributed by atoms with Crippen molar-refractivity contribution in [1.82, 2.24) is 15.1 Å². The quantitative estimate of drug-likeness (QED) is 0.942. The number of benzene rings is 1. The average Bonchev–Trinajstić information content (AvgIpc) is 2.63. The summed E-state index contributed by atoms with van der Waals surface area (Å²) in [5, 5.41) is 7.51. The van der Waals surface area contributed by atoms with E-state index < -0.39 is 0 Å². The van der Waals surface area contributed by atoms with Crippen LogP contribution in [0.1, 0.15) is 48.1 Å². The van der Waals surface area contributed by atoms with Gasteiger partial charge in [-0.15, -0.1) is 0 Å². The van der Waals surface area contributed by atoms with Gasteiger partial charge in [-0.05, 0) is 40.2 Å². The zero-order valence-corrected chi connectivity index (χ0v) is 13.4. The van der Waals surface area contributed by atoms with Crippen LogP contribution in [0.5, 0.6) is 0 Å². The second-order valence-electron chi connectivity index (χ2n) is 6.39. The smallest absolute Gasteiger partial charge is 0.255 e. The molecule has 0 fully saturated rings. The third kappa shape index (κ3) is 3.72. The zero-order chi connectivity index (χ0) is 15.6. The summed E-state index contributed by atoms with van der Waals surface area (Å²) in [5.74, 6) is -0.0585. The fourth-order valence-electron chi connectivity index (χ4n) is 2.34. The number of hydrogen-bond acceptors (Lipinski definition) is 2. The SMILES string of the molecule is Cc1nn(Cc2ccccc2)c(C)c1C(=O)NC(C)(C)C. The van der Waals surface area contributed by atoms with Gasteiger partial charge in [0.25, 0.3) is 5.91 Å². The van der Waals surface area contributed by atoms with Gasteiger partial charge >= 0.3 is 0 Å². The Labute approximate surface area is 126 Å². The number of nitrogens with one attached hydrogen (secondary N) is 1. The largest absolute Gasteiger partial charge is 0.347 e. The van der Waals surface area contributed by atoms with E-state index in [0.29, 0.717) is 12.1 Å². The summed E-state index contributed by atoms with van der Waals surface area (Å²) < 4.78 is 1.89. The molecule has 0 spiro atoms. The Morgan fingerprint density at radius 2 is 1.81 bits per heavy atom. The Bertz CT molecular complexity index is 636. The number of nitrogens with zero attached hydrogens (tertiary/aromatic N) is 2. The molecule has 4 heteroatoms. The van der Waals surface area contributed by atoms with E-state index in [0.717, 1.165) is 11.4 Å². The van der Waals surface area contributed by atoms with E-state index in [1.807, 2.05) is 57.5 Å². The van der Waals surface area contributed by atoms with Gasteiger partial charge in [0.1, 0.15) is 0 Å². The molecule has 1 aromatic carbocycles. The number of amides is 1. The summed E-state index contributed by atoms with van der Waals surface area (Å²) in [6.07, 6.45) is 0. The minimum atomic E-state index is -0.252. The van der Waals surface area contributed by atoms with E-state index >= 15 is 0 Å². The Kier molecular flexibility index (Phi) is 4.16. The topological polar surface area (TPSA) is 46.9 Å². The zero-order valence-electron chi connectivity index (χ0n) is 13.4. The lowest BCUT2D eigenvalue weighted by molar-refractivity contribution is 0.0918. The van der Waals surface area contributed by atoms with Gasteiger partial charge in [0.15, 0.2) is 0 Å². The molecular weight excluding hydrogens is 262 g/mol. The van der Waals surface area contributed by atoms with E-state index in [4.69, 9.17) is 0 Å². The average molecular weight is 285 g/mol. The minimum absolute atomic E-state index is 0.0585. The molecule has 0 saturated heterocycles. The second kappa shape index (κ2) is 5.72. The number of aryl methyl sites for hydroxylation is 1. The fraction of sp³-hybridized carbons (Fsp3) is 0.412. The lowest BCUT2D eigenvalue weighted by Gasteiger charge is -2.20. The van der Waals surface area contributed by atoms with Crippen LogP contribution in [0.3, 0.4) is 0 Å². The van der Waals surface area contributed by atoms with E-state index in [1.54, 1.807) is 0 Å². The predicted molar refractivity (Wildman–Crippen MR) is 84.5 cm³/mol. The summed E-state index contributed by atoms with van der Waals surface area (Å²) in [5.41, 5.74) is 3.27. The normalized spacial score (nSPS) is 11.5. The van der Waals surface area contributed by atoms with Crippen molar-refractivity contribution in [2.75, 3.05) is 0 Å². The molecule has 0 saturated carbocycles. The molecule has 0 aliphatic rings. The molecule has 0 unspecified atom stereocenters. The lowest BCUT2D eigenvalue weighted by atomic mass is 10.1. The van der Waals surface area contributed by atoms with Gasteiger partial charge in [-0.1, -0.05) is 30.3 Å². The molecule has 0 aliphatic carbocycles. The Balaban J connectivity index is 2.27. The summed E-state index contributed by atoms with van der Waals surface area (Å²) in [6.45, 7) is 10.4. The van der Waals surface area contributed by atoms with Crippen LogP contribution in [0.15, 0.2) is 30.3 Å². The molecule has 1 aromatic heterocycles. The minimum Gasteiger partial charge on any atom is -0.347 e. The van der Waals surface area contributed by atoms with E-state index in [9.17, 15) is 4.79 Å². The molecule has 1 N–H and O–H groups in total. The number of rotatable bonds is 3. The van der Waals surface area contributed by atoms with Crippen LogP contribution >= 0.6 is 0 Å². The van der Waals surface area contributed by atoms with Gasteiger partial charge in [0.2, 0.25) is 0 Å². The third-order valence-electron chi connectivity index (χ3n) is 3.27. The van der Waals surface area contributed by atoms with Crippen molar-refractivity contribution < 1.29 is 4.79 Å². The Hall–Kier alpha value is -2.10. The first-order valence-electron chi connectivity index (χ1n) is 7.18. The highest BCUT2D eigenvalue weighted by Gasteiger charge is 2.22. The first-order chi connectivity index (χ1) is 9.78. The fourth-order valence-corrected chi connectivity index (χ4v) is 2.34. The highest BCUT2D eigenvalue weighted by atomic mass is 16.1. The van der Waals surface area contributed by atoms with Crippen LogP contribution in [-0.2, 0) is 6.54 Å². The van der Waals surface area contributed by atoms with Crippen LogP contribution in [0, 0.1) is 13.8 Å². The highest BCUT2D eigenvalue weighted by Crippen LogP contribution is 2.16. The number of carbonyl (C=O) groups is 1. The van der Waals surface area contributed by atoms with Gasteiger partial charge < -0.3 is 5.32 Å². The molecular formula is C17H23N3O. The molecule has 2 rings (SSSR count). The van der Waals surface area contributed by atoms with Crippen molar-refractivity contribution in [1.29, 1.82) is 0 Å². The molecule has 1 amide bonds. The van der Waals surface area contributed by atoms with Crippen molar-refractivity contribution in [3.8, 4) is 0 Å². The van der Waals surface area contributed by atoms with Crippen molar-refractivity contribution in [2.45, 2.75) is 46.7 Å². The summed E-state index contributed by atoms with van der Waals surface area (Å²) in [7, 11) is 0. The van der Waals surface area contributed by atoms with Crippen LogP contribution in [0.2, 0.25) is 0 Å². The summed E-state index contributed by atoms with van der Waals surface area (Å²) >= 11 is 0. The van der Waals surface area contributed by atoms with Crippen LogP contribution in [-0.4, -0.2) is 21.2 Å². The van der Waals surface area contributed by atoms with E-state index in [2.05, 4.69) is 22.5 Å². The molecule has 2 aromatic rings. The van der Waals surface area contributed by atoms with Crippen molar-refractivity contribution in [2.24, 2.45) is 0 Å². The number of aromatic nitrogens is 2. The van der Waals surface area contributed by atoms with E-state index in [1.165, 1.54) is 5.56 Å². The Morgan fingerprint density at radius 3 is 2.38 bits per heavy atom. The standard InChI is InChI=1S/C17H23N3O/c1-12-15(16(21)18-17(3,4)5)13(2)20(19-12)11-14-9-7-6-8-10-14/h6-10H,11H2,1-5H3,(H,18,21). The molecule has 21 heavy (non-hydrogen) atoms. The summed E-state index contributed by atoms with van der Waals surface area (Å²) in [6, 6.07) is 10.1. The van der Waals surface area contributed by atoms with Crippen LogP contribution < -0.4 is 5.32 Å². The van der Waals surface area contributed by atoms with Gasteiger partial charge in [0.05, 0.1) is 17.8 Å². The van der Waals surface area contributed by atoms with Crippen LogP contribution in [0.4, 0.5) is 0 Å². The van der Waals surface area contributed by atoms with E-state index in [-0.39, 0.29) is 11.4 Å². The highest BCUT2D eigenvalue weighted by molar-refractivity contribution is 5.96. The first-order valence-corrected chi connectivity index (χ1v) is 7.18. The van der Waals surface area contributed by atoms with Crippen molar-refractivity contribution in [3.63, 3.8) is 0 Å². The molecule has 4 nitrogen and oxygen atoms in total. The van der Waals surface area contributed by atoms with Crippen LogP contribution in [0.25, 0.3) is 0 Å². The maximum absolute atomic E-state index is 12.4. The van der Waals surface area contributed by atoms with Gasteiger partial charge in [-0.3, -0.25) is 9.48 Å². The number of hydrogen-bond donors (Lipinski definition) is 1. The maximum Gasteiger partial charge on any atom is 0.255 e. The van der Waals surface area contributed by atoms with Gasteiger partial charge in [-0.2, -0.15) is 5.10 Å². The molecule has 1 heterocycles. The van der Waals surface area contributed by atoms with Crippen molar-refractivity contribution in [3.05, 3.63) is 52.8 Å². The van der Waals surface area contributed by atoms with Crippen molar-refractivity contribution >= 4 is 5.91 Å². The monoisotopic (exact) mass is 285 g/mol. The number of carbonyl (C=O) groups excluding carboxylic acids is 1. The first kappa shape index (κ1) is 15.3. The second-order valence-corrected chi connectivity index (χ2v) is 6.39. The predicted octanol–water partition coefficient (Wildman–Crippen LogP) is 3.08. The lowest BCUT2D eigenvalue weighted by Crippen LogP contribution is -2.41. The molecule has 0 aliphatic heterocycles. The molecule has 0 radical (unpaired) electrons. The van der Waals surface area contributed by atoms with Gasteiger partial charge in [-0.25, -0.2) is 0 Å². The molecule has 0 atom stereocenters. The molecule has 0 bridgehead atoms. The summed E-state index contributed by atoms with van der Waals surface area (Å²) in [4.78, 5) is 12.4. The van der Waals surface area contributed by atoms with Gasteiger partial charge in [0, 0.05) is 11.2 Å². The molecule has 112 valence electrons. The maximum atomic E-state index is 12.4.